The van der Waals surface area contributed by atoms with Crippen LogP contribution in [0.4, 0.5) is 0 Å². The normalized spacial score (nSPS) is 10.0. The van der Waals surface area contributed by atoms with E-state index < -0.39 is 0 Å². The van der Waals surface area contributed by atoms with Crippen LogP contribution < -0.4 is 10.1 Å². The largest absolute Gasteiger partial charge is 0.497 e. The fourth-order valence-electron chi connectivity index (χ4n) is 1.66. The molecule has 0 spiro atoms. The average Bonchev–Trinajstić information content (AvgIpc) is 2.46. The summed E-state index contributed by atoms with van der Waals surface area (Å²) in [7, 11) is 1.63. The maximum atomic E-state index is 11.7. The number of hydrogen-bond acceptors (Lipinski definition) is 2. The van der Waals surface area contributed by atoms with E-state index in [0.29, 0.717) is 13.0 Å². The zero-order valence-electron chi connectivity index (χ0n) is 11.4. The molecule has 0 saturated carbocycles. The Labute approximate surface area is 115 Å². The Balaban J connectivity index is 2.32. The van der Waals surface area contributed by atoms with Gasteiger partial charge in [-0.3, -0.25) is 4.79 Å². The van der Waals surface area contributed by atoms with Crippen molar-refractivity contribution in [2.75, 3.05) is 7.11 Å². The van der Waals surface area contributed by atoms with Gasteiger partial charge >= 0.3 is 0 Å². The molecule has 0 bridgehead atoms. The molecule has 0 saturated heterocycles. The van der Waals surface area contributed by atoms with Gasteiger partial charge in [0.05, 0.1) is 7.11 Å². The van der Waals surface area contributed by atoms with E-state index in [2.05, 4.69) is 18.5 Å². The second kappa shape index (κ2) is 8.14. The van der Waals surface area contributed by atoms with E-state index in [1.807, 2.05) is 36.4 Å². The van der Waals surface area contributed by atoms with Gasteiger partial charge in [-0.05, 0) is 30.0 Å². The van der Waals surface area contributed by atoms with Crippen LogP contribution in [0.1, 0.15) is 18.4 Å². The molecular weight excluding hydrogens is 238 g/mol. The Morgan fingerprint density at radius 1 is 1.32 bits per heavy atom. The third kappa shape index (κ3) is 5.42. The van der Waals surface area contributed by atoms with E-state index in [9.17, 15) is 4.79 Å². The van der Waals surface area contributed by atoms with Crippen LogP contribution in [0, 0.1) is 5.92 Å². The number of hydrogen-bond donors (Lipinski definition) is 1. The Hall–Kier alpha value is -2.03. The number of carbonyl (C=O) groups excluding carboxylic acids is 1. The molecule has 0 fully saturated rings. The molecule has 0 heterocycles. The number of ether oxygens (including phenoxy) is 1. The summed E-state index contributed by atoms with van der Waals surface area (Å²) in [6.45, 7) is 7.95. The van der Waals surface area contributed by atoms with Crippen LogP contribution in [0.25, 0.3) is 0 Å². The van der Waals surface area contributed by atoms with Crippen LogP contribution >= 0.6 is 0 Å². The summed E-state index contributed by atoms with van der Waals surface area (Å²) in [5, 5.41) is 2.89. The summed E-state index contributed by atoms with van der Waals surface area (Å²) in [4.78, 5) is 11.7. The van der Waals surface area contributed by atoms with Crippen LogP contribution in [0.15, 0.2) is 49.6 Å². The summed E-state index contributed by atoms with van der Waals surface area (Å²) in [5.74, 6) is 1.06. The van der Waals surface area contributed by atoms with Gasteiger partial charge in [-0.1, -0.05) is 24.3 Å². The smallest absolute Gasteiger partial charge is 0.220 e. The monoisotopic (exact) mass is 259 g/mol. The van der Waals surface area contributed by atoms with E-state index in [1.165, 1.54) is 0 Å². The maximum Gasteiger partial charge on any atom is 0.220 e. The molecule has 0 unspecified atom stereocenters. The predicted octanol–water partition coefficient (Wildman–Crippen LogP) is 3.08. The highest BCUT2D eigenvalue weighted by Gasteiger charge is 2.05. The molecule has 0 aliphatic carbocycles. The highest BCUT2D eigenvalue weighted by atomic mass is 16.5. The molecule has 3 heteroatoms. The minimum atomic E-state index is 0.0459. The van der Waals surface area contributed by atoms with Gasteiger partial charge in [0.25, 0.3) is 0 Å². The molecule has 0 atom stereocenters. The topological polar surface area (TPSA) is 38.3 Å². The van der Waals surface area contributed by atoms with E-state index in [0.717, 1.165) is 17.7 Å². The fourth-order valence-corrected chi connectivity index (χ4v) is 1.66. The first-order chi connectivity index (χ1) is 9.19. The number of amides is 1. The second-order valence-corrected chi connectivity index (χ2v) is 4.30. The minimum absolute atomic E-state index is 0.0459. The number of methoxy groups -OCH3 is 1. The van der Waals surface area contributed by atoms with Crippen LogP contribution in [0.5, 0.6) is 5.75 Å². The standard InChI is InChI=1S/C16H21NO2/c1-4-13(5-2)8-11-16(18)17-12-14-6-9-15(19-3)10-7-14/h4-7,9-10,13H,1-2,8,11-12H2,3H3,(H,17,18). The zero-order chi connectivity index (χ0) is 14.1. The third-order valence-electron chi connectivity index (χ3n) is 2.96. The number of carbonyl (C=O) groups is 1. The maximum absolute atomic E-state index is 11.7. The lowest BCUT2D eigenvalue weighted by molar-refractivity contribution is -0.121. The van der Waals surface area contributed by atoms with E-state index in [4.69, 9.17) is 4.74 Å². The minimum Gasteiger partial charge on any atom is -0.497 e. The Kier molecular flexibility index (Phi) is 6.44. The SMILES string of the molecule is C=CC(C=C)CCC(=O)NCc1ccc(OC)cc1. The van der Waals surface area contributed by atoms with Crippen LogP contribution in [-0.2, 0) is 11.3 Å². The number of benzene rings is 1. The molecule has 3 nitrogen and oxygen atoms in total. The molecular formula is C16H21NO2. The quantitative estimate of drug-likeness (QED) is 0.729. The molecule has 1 aromatic carbocycles. The van der Waals surface area contributed by atoms with Crippen molar-refractivity contribution in [3.05, 3.63) is 55.1 Å². The lowest BCUT2D eigenvalue weighted by atomic mass is 10.0. The van der Waals surface area contributed by atoms with Gasteiger partial charge < -0.3 is 10.1 Å². The van der Waals surface area contributed by atoms with Crippen molar-refractivity contribution >= 4 is 5.91 Å². The molecule has 1 N–H and O–H groups in total. The Bertz CT molecular complexity index is 415. The number of allylic oxidation sites excluding steroid dienone is 2. The van der Waals surface area contributed by atoms with Crippen molar-refractivity contribution in [2.45, 2.75) is 19.4 Å². The van der Waals surface area contributed by atoms with Gasteiger partial charge in [0.2, 0.25) is 5.91 Å². The first-order valence-electron chi connectivity index (χ1n) is 6.34. The van der Waals surface area contributed by atoms with Gasteiger partial charge in [-0.15, -0.1) is 13.2 Å². The van der Waals surface area contributed by atoms with Crippen molar-refractivity contribution in [2.24, 2.45) is 5.92 Å². The number of nitrogens with one attached hydrogen (secondary N) is 1. The van der Waals surface area contributed by atoms with Gasteiger partial charge in [0.15, 0.2) is 0 Å². The molecule has 1 amide bonds. The van der Waals surface area contributed by atoms with Crippen molar-refractivity contribution in [3.8, 4) is 5.75 Å². The molecule has 0 aromatic heterocycles. The summed E-state index contributed by atoms with van der Waals surface area (Å²) in [6, 6.07) is 7.64. The molecule has 0 radical (unpaired) electrons. The van der Waals surface area contributed by atoms with Crippen molar-refractivity contribution in [1.82, 2.24) is 5.32 Å². The van der Waals surface area contributed by atoms with Crippen LogP contribution in [0.3, 0.4) is 0 Å². The highest BCUT2D eigenvalue weighted by Crippen LogP contribution is 2.11. The van der Waals surface area contributed by atoms with Crippen molar-refractivity contribution in [3.63, 3.8) is 0 Å². The Morgan fingerprint density at radius 2 is 1.95 bits per heavy atom. The second-order valence-electron chi connectivity index (χ2n) is 4.30. The van der Waals surface area contributed by atoms with Crippen LogP contribution in [-0.4, -0.2) is 13.0 Å². The summed E-state index contributed by atoms with van der Waals surface area (Å²) >= 11 is 0. The first-order valence-corrected chi connectivity index (χ1v) is 6.34. The molecule has 1 aromatic rings. The lowest BCUT2D eigenvalue weighted by Gasteiger charge is -2.08. The molecule has 102 valence electrons. The van der Waals surface area contributed by atoms with Gasteiger partial charge in [0.1, 0.15) is 5.75 Å². The van der Waals surface area contributed by atoms with Crippen LogP contribution in [0.2, 0.25) is 0 Å². The molecule has 0 aliphatic heterocycles. The molecule has 1 rings (SSSR count). The first kappa shape index (κ1) is 15.0. The lowest BCUT2D eigenvalue weighted by Crippen LogP contribution is -2.22. The number of rotatable bonds is 8. The zero-order valence-corrected chi connectivity index (χ0v) is 11.4. The average molecular weight is 259 g/mol. The van der Waals surface area contributed by atoms with Crippen molar-refractivity contribution < 1.29 is 9.53 Å². The molecule has 0 aliphatic rings. The van der Waals surface area contributed by atoms with Gasteiger partial charge in [-0.25, -0.2) is 0 Å². The fraction of sp³-hybridized carbons (Fsp3) is 0.312. The highest BCUT2D eigenvalue weighted by molar-refractivity contribution is 5.75. The summed E-state index contributed by atoms with van der Waals surface area (Å²) < 4.78 is 5.08. The predicted molar refractivity (Wildman–Crippen MR) is 78.0 cm³/mol. The van der Waals surface area contributed by atoms with E-state index in [1.54, 1.807) is 7.11 Å². The summed E-state index contributed by atoms with van der Waals surface area (Å²) in [6.07, 6.45) is 4.85. The molecule has 19 heavy (non-hydrogen) atoms. The van der Waals surface area contributed by atoms with E-state index in [-0.39, 0.29) is 11.8 Å². The third-order valence-corrected chi connectivity index (χ3v) is 2.96. The van der Waals surface area contributed by atoms with Crippen molar-refractivity contribution in [1.29, 1.82) is 0 Å². The van der Waals surface area contributed by atoms with Gasteiger partial charge in [-0.2, -0.15) is 0 Å². The van der Waals surface area contributed by atoms with Gasteiger partial charge in [0, 0.05) is 13.0 Å². The summed E-state index contributed by atoms with van der Waals surface area (Å²) in [5.41, 5.74) is 1.05. The van der Waals surface area contributed by atoms with E-state index >= 15 is 0 Å². The Morgan fingerprint density at radius 3 is 2.47 bits per heavy atom.